The molecule has 1 heterocycles. The molecule has 0 radical (unpaired) electrons. The van der Waals surface area contributed by atoms with Gasteiger partial charge in [0.05, 0.1) is 6.42 Å². The maximum Gasteiger partial charge on any atom is 0.226 e. The maximum atomic E-state index is 12.2. The van der Waals surface area contributed by atoms with E-state index in [1.54, 1.807) is 0 Å². The van der Waals surface area contributed by atoms with E-state index in [-0.39, 0.29) is 11.3 Å². The number of amides is 1. The van der Waals surface area contributed by atoms with Gasteiger partial charge in [-0.2, -0.15) is 0 Å². The normalized spacial score (nSPS) is 18.0. The largest absolute Gasteiger partial charge is 0.381 e. The van der Waals surface area contributed by atoms with E-state index in [4.69, 9.17) is 4.74 Å². The van der Waals surface area contributed by atoms with Crippen molar-refractivity contribution in [1.82, 2.24) is 4.90 Å². The summed E-state index contributed by atoms with van der Waals surface area (Å²) in [5.74, 6) is 0.193. The van der Waals surface area contributed by atoms with Crippen LogP contribution in [0.2, 0.25) is 0 Å². The Morgan fingerprint density at radius 1 is 1.26 bits per heavy atom. The summed E-state index contributed by atoms with van der Waals surface area (Å²) >= 11 is 0. The predicted molar refractivity (Wildman–Crippen MR) is 75.9 cm³/mol. The van der Waals surface area contributed by atoms with E-state index in [0.717, 1.165) is 38.2 Å². The Kier molecular flexibility index (Phi) is 4.59. The van der Waals surface area contributed by atoms with E-state index in [0.29, 0.717) is 6.42 Å². The van der Waals surface area contributed by atoms with Gasteiger partial charge in [-0.3, -0.25) is 4.79 Å². The fourth-order valence-electron chi connectivity index (χ4n) is 2.59. The Morgan fingerprint density at radius 2 is 1.89 bits per heavy atom. The Bertz CT molecular complexity index is 410. The van der Waals surface area contributed by atoms with Gasteiger partial charge in [-0.05, 0) is 23.8 Å². The average molecular weight is 261 g/mol. The molecule has 1 aromatic carbocycles. The summed E-state index contributed by atoms with van der Waals surface area (Å²) in [6, 6.07) is 9.93. The molecular formula is C16H23NO2. The summed E-state index contributed by atoms with van der Waals surface area (Å²) in [5, 5.41) is 0. The molecule has 3 nitrogen and oxygen atoms in total. The lowest BCUT2D eigenvalue weighted by molar-refractivity contribution is -0.131. The highest BCUT2D eigenvalue weighted by atomic mass is 16.5. The standard InChI is InChI=1S/C16H23NO2/c1-16(8-10-19-11-9-16)13-17(2)15(18)12-14-6-4-3-5-7-14/h3-7H,8-13H2,1-2H3. The Labute approximate surface area is 115 Å². The fraction of sp³-hybridized carbons (Fsp3) is 0.562. The first-order valence-electron chi connectivity index (χ1n) is 6.95. The van der Waals surface area contributed by atoms with Crippen LogP contribution in [0, 0.1) is 5.41 Å². The van der Waals surface area contributed by atoms with Gasteiger partial charge in [0.2, 0.25) is 5.91 Å². The molecule has 0 unspecified atom stereocenters. The highest BCUT2D eigenvalue weighted by Crippen LogP contribution is 2.30. The van der Waals surface area contributed by atoms with Crippen LogP contribution in [0.3, 0.4) is 0 Å². The average Bonchev–Trinajstić information content (AvgIpc) is 2.40. The van der Waals surface area contributed by atoms with E-state index < -0.39 is 0 Å². The van der Waals surface area contributed by atoms with Crippen LogP contribution in [0.15, 0.2) is 30.3 Å². The Morgan fingerprint density at radius 3 is 2.53 bits per heavy atom. The summed E-state index contributed by atoms with van der Waals surface area (Å²) in [4.78, 5) is 14.1. The minimum Gasteiger partial charge on any atom is -0.381 e. The van der Waals surface area contributed by atoms with Crippen LogP contribution in [0.25, 0.3) is 0 Å². The molecule has 2 rings (SSSR count). The lowest BCUT2D eigenvalue weighted by Crippen LogP contribution is -2.41. The Hall–Kier alpha value is -1.35. The second-order valence-corrected chi connectivity index (χ2v) is 5.84. The number of hydrogen-bond donors (Lipinski definition) is 0. The van der Waals surface area contributed by atoms with Crippen LogP contribution in [-0.4, -0.2) is 37.6 Å². The quantitative estimate of drug-likeness (QED) is 0.833. The number of ether oxygens (including phenoxy) is 1. The van der Waals surface area contributed by atoms with Crippen molar-refractivity contribution in [1.29, 1.82) is 0 Å². The molecule has 104 valence electrons. The molecule has 1 aliphatic heterocycles. The monoisotopic (exact) mass is 261 g/mol. The zero-order chi connectivity index (χ0) is 13.7. The van der Waals surface area contributed by atoms with Gasteiger partial charge in [0.1, 0.15) is 0 Å². The number of nitrogens with zero attached hydrogens (tertiary/aromatic N) is 1. The molecular weight excluding hydrogens is 238 g/mol. The smallest absolute Gasteiger partial charge is 0.226 e. The van der Waals surface area contributed by atoms with Crippen molar-refractivity contribution in [3.8, 4) is 0 Å². The summed E-state index contributed by atoms with van der Waals surface area (Å²) in [5.41, 5.74) is 1.29. The van der Waals surface area contributed by atoms with E-state index >= 15 is 0 Å². The highest BCUT2D eigenvalue weighted by molar-refractivity contribution is 5.78. The van der Waals surface area contributed by atoms with Gasteiger partial charge < -0.3 is 9.64 Å². The van der Waals surface area contributed by atoms with E-state index in [9.17, 15) is 4.79 Å². The minimum atomic E-state index is 0.193. The maximum absolute atomic E-state index is 12.2. The molecule has 1 aliphatic rings. The lowest BCUT2D eigenvalue weighted by Gasteiger charge is -2.36. The third-order valence-corrected chi connectivity index (χ3v) is 3.94. The molecule has 1 amide bonds. The van der Waals surface area contributed by atoms with Crippen molar-refractivity contribution in [2.24, 2.45) is 5.41 Å². The van der Waals surface area contributed by atoms with Gasteiger partial charge in [0.25, 0.3) is 0 Å². The topological polar surface area (TPSA) is 29.5 Å². The summed E-state index contributed by atoms with van der Waals surface area (Å²) < 4.78 is 5.40. The number of likely N-dealkylation sites (N-methyl/N-ethyl adjacent to an activating group) is 1. The van der Waals surface area contributed by atoms with Gasteiger partial charge in [0.15, 0.2) is 0 Å². The predicted octanol–water partition coefficient (Wildman–Crippen LogP) is 2.50. The van der Waals surface area contributed by atoms with Gasteiger partial charge in [-0.25, -0.2) is 0 Å². The summed E-state index contributed by atoms with van der Waals surface area (Å²) in [7, 11) is 1.91. The van der Waals surface area contributed by atoms with Crippen LogP contribution < -0.4 is 0 Å². The second-order valence-electron chi connectivity index (χ2n) is 5.84. The second kappa shape index (κ2) is 6.20. The minimum absolute atomic E-state index is 0.193. The van der Waals surface area contributed by atoms with Crippen molar-refractivity contribution in [2.45, 2.75) is 26.2 Å². The molecule has 19 heavy (non-hydrogen) atoms. The van der Waals surface area contributed by atoms with Crippen molar-refractivity contribution in [3.63, 3.8) is 0 Å². The van der Waals surface area contributed by atoms with Crippen molar-refractivity contribution >= 4 is 5.91 Å². The molecule has 0 aromatic heterocycles. The van der Waals surface area contributed by atoms with Crippen LogP contribution in [0.5, 0.6) is 0 Å². The molecule has 0 N–H and O–H groups in total. The van der Waals surface area contributed by atoms with Gasteiger partial charge in [0, 0.05) is 26.8 Å². The SMILES string of the molecule is CN(CC1(C)CCOCC1)C(=O)Cc1ccccc1. The molecule has 0 aliphatic carbocycles. The van der Waals surface area contributed by atoms with Crippen LogP contribution in [0.4, 0.5) is 0 Å². The molecule has 0 saturated carbocycles. The fourth-order valence-corrected chi connectivity index (χ4v) is 2.59. The molecule has 3 heteroatoms. The molecule has 0 atom stereocenters. The first-order valence-corrected chi connectivity index (χ1v) is 6.95. The third-order valence-electron chi connectivity index (χ3n) is 3.94. The first kappa shape index (κ1) is 14.1. The van der Waals surface area contributed by atoms with Gasteiger partial charge in [-0.1, -0.05) is 37.3 Å². The van der Waals surface area contributed by atoms with E-state index in [2.05, 4.69) is 6.92 Å². The number of rotatable bonds is 4. The lowest BCUT2D eigenvalue weighted by atomic mass is 9.82. The van der Waals surface area contributed by atoms with Crippen molar-refractivity contribution < 1.29 is 9.53 Å². The first-order chi connectivity index (χ1) is 9.09. The van der Waals surface area contributed by atoms with Crippen molar-refractivity contribution in [2.75, 3.05) is 26.8 Å². The molecule has 0 bridgehead atoms. The summed E-state index contributed by atoms with van der Waals surface area (Å²) in [6.45, 7) is 4.71. The van der Waals surface area contributed by atoms with Crippen LogP contribution in [-0.2, 0) is 16.0 Å². The Balaban J connectivity index is 1.88. The van der Waals surface area contributed by atoms with Crippen LogP contribution >= 0.6 is 0 Å². The zero-order valence-corrected chi connectivity index (χ0v) is 11.9. The summed E-state index contributed by atoms with van der Waals surface area (Å²) in [6.07, 6.45) is 2.57. The molecule has 1 saturated heterocycles. The highest BCUT2D eigenvalue weighted by Gasteiger charge is 2.29. The number of hydrogen-bond acceptors (Lipinski definition) is 2. The van der Waals surface area contributed by atoms with E-state index in [1.165, 1.54) is 0 Å². The number of carbonyl (C=O) groups is 1. The van der Waals surface area contributed by atoms with Crippen molar-refractivity contribution in [3.05, 3.63) is 35.9 Å². The van der Waals surface area contributed by atoms with E-state index in [1.807, 2.05) is 42.3 Å². The zero-order valence-electron chi connectivity index (χ0n) is 11.9. The molecule has 0 spiro atoms. The number of carbonyl (C=O) groups excluding carboxylic acids is 1. The number of benzene rings is 1. The van der Waals surface area contributed by atoms with Gasteiger partial charge in [-0.15, -0.1) is 0 Å². The molecule has 1 fully saturated rings. The van der Waals surface area contributed by atoms with Crippen LogP contribution in [0.1, 0.15) is 25.3 Å². The van der Waals surface area contributed by atoms with Gasteiger partial charge >= 0.3 is 0 Å². The molecule has 1 aromatic rings. The third kappa shape index (κ3) is 4.06.